The van der Waals surface area contributed by atoms with Crippen LogP contribution in [0, 0.1) is 10.1 Å². The van der Waals surface area contributed by atoms with Gasteiger partial charge < -0.3 is 4.42 Å². The number of hydrogen-bond acceptors (Lipinski definition) is 7. The van der Waals surface area contributed by atoms with Crippen LogP contribution in [-0.2, 0) is 5.88 Å². The Hall–Kier alpha value is -2.91. The largest absolute Gasteiger partial charge is 0.422 e. The third-order valence-electron chi connectivity index (χ3n) is 3.38. The van der Waals surface area contributed by atoms with Gasteiger partial charge in [-0.05, 0) is 29.8 Å². The van der Waals surface area contributed by atoms with E-state index in [4.69, 9.17) is 16.0 Å². The fourth-order valence-corrected chi connectivity index (χ4v) is 2.99. The molecule has 2 heterocycles. The van der Waals surface area contributed by atoms with Gasteiger partial charge in [-0.15, -0.1) is 11.6 Å². The average molecular weight is 392 g/mol. The van der Waals surface area contributed by atoms with E-state index in [2.05, 4.69) is 9.71 Å². The number of pyridine rings is 1. The van der Waals surface area contributed by atoms with Gasteiger partial charge in [-0.3, -0.25) is 19.6 Å². The number of hydrogen-bond donors (Lipinski definition) is 1. The van der Waals surface area contributed by atoms with Crippen LogP contribution in [0.15, 0.2) is 56.8 Å². The second-order valence-electron chi connectivity index (χ2n) is 5.07. The van der Waals surface area contributed by atoms with Gasteiger partial charge in [-0.1, -0.05) is 6.07 Å². The first-order valence-corrected chi connectivity index (χ1v) is 8.54. The molecular formula is C16H10ClN3O5S. The number of nitro groups is 1. The van der Waals surface area contributed by atoms with Gasteiger partial charge in [-0.2, -0.15) is 0 Å². The maximum Gasteiger partial charge on any atom is 0.349 e. The summed E-state index contributed by atoms with van der Waals surface area (Å²) in [6, 6.07) is 9.09. The molecule has 1 aromatic carbocycles. The molecule has 0 aliphatic rings. The van der Waals surface area contributed by atoms with E-state index >= 15 is 0 Å². The molecule has 0 spiro atoms. The van der Waals surface area contributed by atoms with E-state index in [1.165, 1.54) is 24.4 Å². The van der Waals surface area contributed by atoms with Crippen molar-refractivity contribution in [3.8, 4) is 0 Å². The third kappa shape index (κ3) is 3.68. The first-order valence-electron chi connectivity index (χ1n) is 7.19. The monoisotopic (exact) mass is 391 g/mol. The maximum atomic E-state index is 12.3. The van der Waals surface area contributed by atoms with Gasteiger partial charge >= 0.3 is 11.3 Å². The van der Waals surface area contributed by atoms with Crippen LogP contribution in [0.4, 0.5) is 5.69 Å². The van der Waals surface area contributed by atoms with Crippen LogP contribution in [0.25, 0.3) is 11.0 Å². The van der Waals surface area contributed by atoms with Gasteiger partial charge in [0.25, 0.3) is 5.91 Å². The number of nitrogens with zero attached hydrogens (tertiary/aromatic N) is 2. The van der Waals surface area contributed by atoms with Crippen molar-refractivity contribution in [1.82, 2.24) is 9.71 Å². The molecule has 0 aliphatic carbocycles. The summed E-state index contributed by atoms with van der Waals surface area (Å²) in [5.74, 6) is -0.475. The molecule has 132 valence electrons. The van der Waals surface area contributed by atoms with Crippen molar-refractivity contribution in [2.75, 3.05) is 0 Å². The highest BCUT2D eigenvalue weighted by atomic mass is 35.5. The SMILES string of the molecule is O=C(NSc1ncccc1[N+](=O)[O-])c1cc2cc(CCl)ccc2oc1=O. The Morgan fingerprint density at radius 2 is 2.15 bits per heavy atom. The normalized spacial score (nSPS) is 10.7. The Kier molecular flexibility index (Phi) is 5.19. The lowest BCUT2D eigenvalue weighted by Crippen LogP contribution is -2.23. The topological polar surface area (TPSA) is 115 Å². The molecule has 0 saturated heterocycles. The van der Waals surface area contributed by atoms with Crippen molar-refractivity contribution in [3.05, 3.63) is 74.3 Å². The number of nitrogens with one attached hydrogen (secondary N) is 1. The van der Waals surface area contributed by atoms with Crippen molar-refractivity contribution in [3.63, 3.8) is 0 Å². The predicted octanol–water partition coefficient (Wildman–Crippen LogP) is 3.27. The van der Waals surface area contributed by atoms with Crippen LogP contribution in [0.5, 0.6) is 0 Å². The van der Waals surface area contributed by atoms with Crippen LogP contribution < -0.4 is 10.3 Å². The summed E-state index contributed by atoms with van der Waals surface area (Å²) in [6.45, 7) is 0. The number of fused-ring (bicyclic) bond motifs is 1. The molecule has 8 nitrogen and oxygen atoms in total. The maximum absolute atomic E-state index is 12.3. The molecule has 3 rings (SSSR count). The molecule has 0 unspecified atom stereocenters. The second kappa shape index (κ2) is 7.54. The van der Waals surface area contributed by atoms with Gasteiger partial charge in [0.2, 0.25) is 0 Å². The molecule has 0 saturated carbocycles. The molecule has 26 heavy (non-hydrogen) atoms. The smallest absolute Gasteiger partial charge is 0.349 e. The highest BCUT2D eigenvalue weighted by Gasteiger charge is 2.19. The number of aromatic nitrogens is 1. The lowest BCUT2D eigenvalue weighted by molar-refractivity contribution is -0.388. The van der Waals surface area contributed by atoms with E-state index in [9.17, 15) is 19.7 Å². The minimum atomic E-state index is -0.815. The Labute approximate surface area is 155 Å². The van der Waals surface area contributed by atoms with E-state index in [1.54, 1.807) is 18.2 Å². The zero-order chi connectivity index (χ0) is 18.7. The molecular weight excluding hydrogens is 382 g/mol. The standard InChI is InChI=1S/C16H10ClN3O5S/c17-8-9-3-4-13-10(6-9)7-11(16(22)25-13)14(21)19-26-15-12(20(23)24)2-1-5-18-15/h1-7H,8H2,(H,19,21). The second-order valence-corrected chi connectivity index (χ2v) is 6.13. The number of amides is 1. The summed E-state index contributed by atoms with van der Waals surface area (Å²) in [5.41, 5.74) is -0.165. The molecule has 0 bridgehead atoms. The summed E-state index contributed by atoms with van der Waals surface area (Å²) >= 11 is 6.43. The summed E-state index contributed by atoms with van der Waals surface area (Å²) in [4.78, 5) is 38.5. The van der Waals surface area contributed by atoms with E-state index in [-0.39, 0.29) is 22.2 Å². The Morgan fingerprint density at radius 1 is 1.35 bits per heavy atom. The minimum absolute atomic E-state index is 0.000420. The number of rotatable bonds is 5. The summed E-state index contributed by atoms with van der Waals surface area (Å²) in [5, 5.41) is 11.5. The molecule has 1 N–H and O–H groups in total. The van der Waals surface area contributed by atoms with Gasteiger partial charge in [0.1, 0.15) is 11.1 Å². The van der Waals surface area contributed by atoms with E-state index < -0.39 is 16.5 Å². The summed E-state index contributed by atoms with van der Waals surface area (Å²) < 4.78 is 7.50. The molecule has 0 atom stereocenters. The Bertz CT molecular complexity index is 1070. The first-order chi connectivity index (χ1) is 12.5. The van der Waals surface area contributed by atoms with Crippen LogP contribution in [0.1, 0.15) is 15.9 Å². The third-order valence-corrected chi connectivity index (χ3v) is 4.49. The van der Waals surface area contributed by atoms with Crippen molar-refractivity contribution >= 4 is 46.1 Å². The Morgan fingerprint density at radius 3 is 2.88 bits per heavy atom. The number of carbonyl (C=O) groups is 1. The summed E-state index contributed by atoms with van der Waals surface area (Å²) in [7, 11) is 0. The van der Waals surface area contributed by atoms with Gasteiger partial charge in [0.05, 0.1) is 4.92 Å². The fraction of sp³-hybridized carbons (Fsp3) is 0.0625. The highest BCUT2D eigenvalue weighted by Crippen LogP contribution is 2.24. The van der Waals surface area contributed by atoms with Crippen LogP contribution >= 0.6 is 23.5 Å². The molecule has 0 radical (unpaired) electrons. The van der Waals surface area contributed by atoms with Crippen molar-refractivity contribution in [2.24, 2.45) is 0 Å². The number of carbonyl (C=O) groups excluding carboxylic acids is 1. The number of alkyl halides is 1. The van der Waals surface area contributed by atoms with Crippen LogP contribution in [-0.4, -0.2) is 15.8 Å². The van der Waals surface area contributed by atoms with E-state index in [0.717, 1.165) is 5.56 Å². The molecule has 3 aromatic rings. The quantitative estimate of drug-likeness (QED) is 0.233. The lowest BCUT2D eigenvalue weighted by Gasteiger charge is -2.05. The number of benzene rings is 1. The zero-order valence-corrected chi connectivity index (χ0v) is 14.5. The van der Waals surface area contributed by atoms with Crippen molar-refractivity contribution in [2.45, 2.75) is 10.9 Å². The fourth-order valence-electron chi connectivity index (χ4n) is 2.16. The minimum Gasteiger partial charge on any atom is -0.422 e. The first kappa shape index (κ1) is 17.9. The Balaban J connectivity index is 1.87. The molecule has 0 fully saturated rings. The molecule has 1 amide bonds. The molecule has 10 heteroatoms. The highest BCUT2D eigenvalue weighted by molar-refractivity contribution is 7.98. The van der Waals surface area contributed by atoms with E-state index in [1.807, 2.05) is 0 Å². The molecule has 0 aliphatic heterocycles. The van der Waals surface area contributed by atoms with Gasteiger partial charge in [0, 0.05) is 35.5 Å². The van der Waals surface area contributed by atoms with Gasteiger partial charge in [-0.25, -0.2) is 9.78 Å². The van der Waals surface area contributed by atoms with Crippen molar-refractivity contribution < 1.29 is 14.1 Å². The zero-order valence-electron chi connectivity index (χ0n) is 13.0. The molecule has 2 aromatic heterocycles. The lowest BCUT2D eigenvalue weighted by atomic mass is 10.1. The summed E-state index contributed by atoms with van der Waals surface area (Å²) in [6.07, 6.45) is 1.36. The predicted molar refractivity (Wildman–Crippen MR) is 96.3 cm³/mol. The van der Waals surface area contributed by atoms with Gasteiger partial charge in [0.15, 0.2) is 5.03 Å². The van der Waals surface area contributed by atoms with E-state index in [0.29, 0.717) is 22.9 Å². The average Bonchev–Trinajstić information content (AvgIpc) is 2.65. The van der Waals surface area contributed by atoms with Crippen LogP contribution in [0.2, 0.25) is 0 Å². The van der Waals surface area contributed by atoms with Crippen molar-refractivity contribution in [1.29, 1.82) is 0 Å². The van der Waals surface area contributed by atoms with Crippen LogP contribution in [0.3, 0.4) is 0 Å². The number of halogens is 1.